The van der Waals surface area contributed by atoms with Gasteiger partial charge in [0.25, 0.3) is 0 Å². The summed E-state index contributed by atoms with van der Waals surface area (Å²) in [5.74, 6) is 0.202. The fourth-order valence-corrected chi connectivity index (χ4v) is 5.58. The third-order valence-electron chi connectivity index (χ3n) is 7.59. The molecule has 1 atom stereocenters. The van der Waals surface area contributed by atoms with Crippen molar-refractivity contribution >= 4 is 11.8 Å². The zero-order chi connectivity index (χ0) is 25.7. The number of anilines is 1. The second-order valence-electron chi connectivity index (χ2n) is 10.0. The Hall–Kier alpha value is -3.52. The summed E-state index contributed by atoms with van der Waals surface area (Å²) >= 11 is 0. The molecule has 1 aromatic heterocycles. The Morgan fingerprint density at radius 2 is 1.81 bits per heavy atom. The first-order chi connectivity index (χ1) is 18.0. The number of carbonyl (C=O) groups excluding carboxylic acids is 1. The molecule has 6 rings (SSSR count). The number of piperidine rings is 3. The van der Waals surface area contributed by atoms with Crippen LogP contribution in [0.2, 0.25) is 0 Å². The number of quaternary nitrogens is 1. The van der Waals surface area contributed by atoms with E-state index in [1.807, 2.05) is 12.1 Å². The number of amides is 1. The molecule has 194 valence electrons. The Morgan fingerprint density at radius 1 is 1.03 bits per heavy atom. The maximum absolute atomic E-state index is 14.7. The van der Waals surface area contributed by atoms with Crippen molar-refractivity contribution in [1.29, 1.82) is 0 Å². The molecule has 3 aromatic rings. The van der Waals surface area contributed by atoms with Gasteiger partial charge in [-0.05, 0) is 42.0 Å². The van der Waals surface area contributed by atoms with Crippen molar-refractivity contribution in [1.82, 2.24) is 4.98 Å². The highest BCUT2D eigenvalue weighted by atomic mass is 19.1. The van der Waals surface area contributed by atoms with Crippen molar-refractivity contribution in [2.75, 3.05) is 37.7 Å². The van der Waals surface area contributed by atoms with Crippen LogP contribution in [0.5, 0.6) is 5.75 Å². The molecular weight excluding hydrogens is 476 g/mol. The highest BCUT2D eigenvalue weighted by Crippen LogP contribution is 2.36. The molecule has 0 radical (unpaired) electrons. The molecule has 2 bridgehead atoms. The molecule has 3 aliphatic rings. The van der Waals surface area contributed by atoms with Crippen LogP contribution in [0.3, 0.4) is 0 Å². The van der Waals surface area contributed by atoms with Gasteiger partial charge in [0.05, 0.1) is 44.7 Å². The second kappa shape index (κ2) is 11.3. The van der Waals surface area contributed by atoms with Crippen LogP contribution in [0.4, 0.5) is 19.3 Å². The van der Waals surface area contributed by atoms with Crippen molar-refractivity contribution in [3.05, 3.63) is 90.3 Å². The zero-order valence-corrected chi connectivity index (χ0v) is 20.8. The smallest absolute Gasteiger partial charge is 0.415 e. The van der Waals surface area contributed by atoms with Crippen LogP contribution < -0.4 is 9.64 Å². The minimum absolute atomic E-state index is 0.0864. The van der Waals surface area contributed by atoms with Crippen LogP contribution in [0.15, 0.2) is 73.1 Å². The fourth-order valence-electron chi connectivity index (χ4n) is 5.58. The van der Waals surface area contributed by atoms with Gasteiger partial charge in [0.1, 0.15) is 23.9 Å². The number of carbonyl (C=O) groups is 1. The lowest BCUT2D eigenvalue weighted by Crippen LogP contribution is -2.65. The highest BCUT2D eigenvalue weighted by molar-refractivity contribution is 5.87. The number of halogens is 2. The largest absolute Gasteiger partial charge is 0.492 e. The number of ether oxygens (including phenoxy) is 2. The molecule has 6 nitrogen and oxygen atoms in total. The van der Waals surface area contributed by atoms with Gasteiger partial charge in [-0.25, -0.2) is 13.6 Å². The minimum Gasteiger partial charge on any atom is -0.492 e. The monoisotopic (exact) mass is 508 g/mol. The average molecular weight is 509 g/mol. The highest BCUT2D eigenvalue weighted by Gasteiger charge is 2.47. The standard InChI is InChI=1S/C29H32F2N3O3/c30-24-10-8-22(9-11-24)20-33(27-7-2-1-6-26(27)31)29(35)37-28-21-34(16-12-23(28)13-17-34)15-4-18-36-25-5-3-14-32-19-25/h1-3,5-11,14,19,23,28H,4,12-13,15-18,20-21H2/q+1/t23?,28-,34?/m0/s1. The zero-order valence-electron chi connectivity index (χ0n) is 20.8. The predicted molar refractivity (Wildman–Crippen MR) is 136 cm³/mol. The van der Waals surface area contributed by atoms with E-state index >= 15 is 0 Å². The minimum atomic E-state index is -0.578. The van der Waals surface area contributed by atoms with Gasteiger partial charge < -0.3 is 14.0 Å². The van der Waals surface area contributed by atoms with Crippen molar-refractivity contribution in [3.8, 4) is 5.75 Å². The first kappa shape index (κ1) is 25.1. The van der Waals surface area contributed by atoms with Gasteiger partial charge in [0, 0.05) is 31.4 Å². The topological polar surface area (TPSA) is 51.7 Å². The third-order valence-corrected chi connectivity index (χ3v) is 7.59. The lowest BCUT2D eigenvalue weighted by Gasteiger charge is -2.52. The number of nitrogens with zero attached hydrogens (tertiary/aromatic N) is 3. The molecule has 37 heavy (non-hydrogen) atoms. The average Bonchev–Trinajstić information content (AvgIpc) is 2.92. The van der Waals surface area contributed by atoms with Crippen LogP contribution >= 0.6 is 0 Å². The van der Waals surface area contributed by atoms with E-state index < -0.39 is 11.9 Å². The number of benzene rings is 2. The van der Waals surface area contributed by atoms with Crippen molar-refractivity contribution in [2.45, 2.75) is 31.9 Å². The van der Waals surface area contributed by atoms with Gasteiger partial charge in [-0.2, -0.15) is 0 Å². The fraction of sp³-hybridized carbons (Fsp3) is 0.379. The Morgan fingerprint density at radius 3 is 2.54 bits per heavy atom. The number of hydrogen-bond acceptors (Lipinski definition) is 4. The molecule has 8 heteroatoms. The summed E-state index contributed by atoms with van der Waals surface area (Å²) < 4.78 is 41.0. The van der Waals surface area contributed by atoms with E-state index in [0.717, 1.165) is 55.7 Å². The molecule has 0 spiro atoms. The van der Waals surface area contributed by atoms with E-state index in [2.05, 4.69) is 4.98 Å². The van der Waals surface area contributed by atoms with Crippen LogP contribution in [0.1, 0.15) is 24.8 Å². The van der Waals surface area contributed by atoms with E-state index in [-0.39, 0.29) is 24.2 Å². The van der Waals surface area contributed by atoms with E-state index in [0.29, 0.717) is 18.1 Å². The normalized spacial score (nSPS) is 22.4. The van der Waals surface area contributed by atoms with Gasteiger partial charge in [-0.3, -0.25) is 9.88 Å². The lowest BCUT2D eigenvalue weighted by molar-refractivity contribution is -0.946. The molecule has 3 fully saturated rings. The molecule has 1 amide bonds. The number of aromatic nitrogens is 1. The summed E-state index contributed by atoms with van der Waals surface area (Å²) in [6.07, 6.45) is 5.52. The second-order valence-corrected chi connectivity index (χ2v) is 10.0. The lowest BCUT2D eigenvalue weighted by atomic mass is 9.83. The summed E-state index contributed by atoms with van der Waals surface area (Å²) in [5.41, 5.74) is 0.835. The van der Waals surface area contributed by atoms with Gasteiger partial charge >= 0.3 is 6.09 Å². The van der Waals surface area contributed by atoms with Crippen LogP contribution in [-0.4, -0.2) is 54.5 Å². The maximum Gasteiger partial charge on any atom is 0.415 e. The van der Waals surface area contributed by atoms with Gasteiger partial charge in [-0.1, -0.05) is 24.3 Å². The van der Waals surface area contributed by atoms with E-state index in [1.54, 1.807) is 42.7 Å². The number of para-hydroxylation sites is 1. The maximum atomic E-state index is 14.7. The van der Waals surface area contributed by atoms with Crippen LogP contribution in [0.25, 0.3) is 0 Å². The molecule has 0 aliphatic carbocycles. The van der Waals surface area contributed by atoms with E-state index in [9.17, 15) is 13.6 Å². The van der Waals surface area contributed by atoms with E-state index in [1.165, 1.54) is 23.1 Å². The number of rotatable bonds is 9. The Labute approximate surface area is 216 Å². The molecule has 0 saturated carbocycles. The quantitative estimate of drug-likeness (QED) is 0.280. The summed E-state index contributed by atoms with van der Waals surface area (Å²) in [6, 6.07) is 15.8. The van der Waals surface area contributed by atoms with Crippen molar-refractivity contribution < 1.29 is 27.5 Å². The van der Waals surface area contributed by atoms with Gasteiger partial charge in [0.15, 0.2) is 6.10 Å². The summed E-state index contributed by atoms with van der Waals surface area (Å²) in [6.45, 7) is 4.54. The SMILES string of the molecule is O=C(O[C@H]1C[N+]2(CCCOc3cccnc3)CCC1CC2)N(Cc1ccc(F)cc1)c1ccccc1F. The number of hydrogen-bond donors (Lipinski definition) is 0. The Kier molecular flexibility index (Phi) is 7.65. The molecule has 3 aliphatic heterocycles. The third kappa shape index (κ3) is 6.07. The number of fused-ring (bicyclic) bond motifs is 3. The van der Waals surface area contributed by atoms with Crippen molar-refractivity contribution in [2.24, 2.45) is 5.92 Å². The Balaban J connectivity index is 1.24. The summed E-state index contributed by atoms with van der Waals surface area (Å²) in [7, 11) is 0. The van der Waals surface area contributed by atoms with Gasteiger partial charge in [-0.15, -0.1) is 0 Å². The summed E-state index contributed by atoms with van der Waals surface area (Å²) in [5, 5.41) is 0. The molecule has 0 unspecified atom stereocenters. The Bertz CT molecular complexity index is 1180. The molecule has 4 heterocycles. The predicted octanol–water partition coefficient (Wildman–Crippen LogP) is 5.58. The first-order valence-corrected chi connectivity index (χ1v) is 12.9. The molecule has 0 N–H and O–H groups in total. The molecule has 3 saturated heterocycles. The first-order valence-electron chi connectivity index (χ1n) is 12.9. The molecular formula is C29H32F2N3O3+. The number of pyridine rings is 1. The van der Waals surface area contributed by atoms with Crippen molar-refractivity contribution in [3.63, 3.8) is 0 Å². The van der Waals surface area contributed by atoms with Crippen LogP contribution in [0, 0.1) is 17.6 Å². The summed E-state index contributed by atoms with van der Waals surface area (Å²) in [4.78, 5) is 18.9. The van der Waals surface area contributed by atoms with Gasteiger partial charge in [0.2, 0.25) is 0 Å². The van der Waals surface area contributed by atoms with E-state index in [4.69, 9.17) is 9.47 Å². The van der Waals surface area contributed by atoms with Crippen LogP contribution in [-0.2, 0) is 11.3 Å². The molecule has 2 aromatic carbocycles.